The number of carbonyl (C=O) groups excluding carboxylic acids is 1. The van der Waals surface area contributed by atoms with Crippen molar-refractivity contribution in [3.63, 3.8) is 0 Å². The fraction of sp³-hybridized carbons (Fsp3) is 0.0500. The average molecular weight is 411 g/mol. The molecule has 0 unspecified atom stereocenters. The lowest BCUT2D eigenvalue weighted by molar-refractivity contribution is -0.385. The second-order valence-corrected chi connectivity index (χ2v) is 8.03. The highest BCUT2D eigenvalue weighted by Crippen LogP contribution is 2.24. The monoisotopic (exact) mass is 411 g/mol. The van der Waals surface area contributed by atoms with Crippen molar-refractivity contribution in [2.24, 2.45) is 0 Å². The van der Waals surface area contributed by atoms with Gasteiger partial charge in [-0.1, -0.05) is 30.3 Å². The molecule has 0 saturated heterocycles. The number of hydrogen-bond acceptors (Lipinski definition) is 5. The van der Waals surface area contributed by atoms with Gasteiger partial charge in [-0.3, -0.25) is 19.2 Å². The Labute approximate surface area is 167 Å². The van der Waals surface area contributed by atoms with Crippen LogP contribution in [-0.4, -0.2) is 26.3 Å². The minimum Gasteiger partial charge on any atom is -0.322 e. The molecule has 0 aliphatic rings. The van der Waals surface area contributed by atoms with Crippen LogP contribution in [-0.2, 0) is 10.0 Å². The third-order valence-electron chi connectivity index (χ3n) is 4.24. The van der Waals surface area contributed by atoms with Crippen LogP contribution in [0, 0.1) is 10.1 Å². The van der Waals surface area contributed by atoms with Crippen molar-refractivity contribution in [3.8, 4) is 0 Å². The zero-order chi connectivity index (χ0) is 21.0. The molecule has 9 heteroatoms. The van der Waals surface area contributed by atoms with Crippen LogP contribution in [0.15, 0.2) is 83.8 Å². The third kappa shape index (κ3) is 4.25. The van der Waals surface area contributed by atoms with E-state index in [1.807, 2.05) is 0 Å². The number of nitrogens with one attached hydrogen (secondary N) is 1. The number of rotatable bonds is 6. The van der Waals surface area contributed by atoms with Gasteiger partial charge in [-0.05, 0) is 42.5 Å². The molecule has 1 N–H and O–H groups in total. The number of hydrogen-bond donors (Lipinski definition) is 1. The lowest BCUT2D eigenvalue weighted by atomic mass is 10.1. The van der Waals surface area contributed by atoms with Gasteiger partial charge < -0.3 is 5.32 Å². The van der Waals surface area contributed by atoms with Crippen LogP contribution in [0.1, 0.15) is 10.4 Å². The molecule has 1 amide bonds. The molecule has 0 radical (unpaired) electrons. The Morgan fingerprint density at radius 2 is 1.52 bits per heavy atom. The summed E-state index contributed by atoms with van der Waals surface area (Å²) in [6.45, 7) is 0. The van der Waals surface area contributed by atoms with Gasteiger partial charge >= 0.3 is 0 Å². The molecular weight excluding hydrogens is 394 g/mol. The highest BCUT2D eigenvalue weighted by atomic mass is 32.2. The Kier molecular flexibility index (Phi) is 5.60. The van der Waals surface area contributed by atoms with Crippen molar-refractivity contribution in [3.05, 3.63) is 94.5 Å². The molecule has 0 heterocycles. The standard InChI is InChI=1S/C20H17N3O5S/c1-22(16-7-3-2-4-8-16)29(27,28)17-13-11-15(12-14-17)21-20(24)18-9-5-6-10-19(18)23(25)26/h2-14H,1H3,(H,21,24). The molecule has 0 fully saturated rings. The number of carbonyl (C=O) groups is 1. The smallest absolute Gasteiger partial charge is 0.282 e. The molecule has 3 rings (SSSR count). The van der Waals surface area contributed by atoms with Crippen molar-refractivity contribution < 1.29 is 18.1 Å². The minimum absolute atomic E-state index is 0.0487. The zero-order valence-electron chi connectivity index (χ0n) is 15.3. The first-order valence-electron chi connectivity index (χ1n) is 8.49. The Balaban J connectivity index is 1.80. The quantitative estimate of drug-likeness (QED) is 0.492. The normalized spacial score (nSPS) is 10.9. The minimum atomic E-state index is -3.78. The number of amides is 1. The third-order valence-corrected chi connectivity index (χ3v) is 6.04. The van der Waals surface area contributed by atoms with Gasteiger partial charge in [0, 0.05) is 18.8 Å². The van der Waals surface area contributed by atoms with E-state index in [1.54, 1.807) is 30.3 Å². The lowest BCUT2D eigenvalue weighted by Gasteiger charge is -2.19. The fourth-order valence-corrected chi connectivity index (χ4v) is 3.86. The molecule has 0 spiro atoms. The summed E-state index contributed by atoms with van der Waals surface area (Å²) in [4.78, 5) is 22.9. The molecule has 148 valence electrons. The molecule has 0 bridgehead atoms. The van der Waals surface area contributed by atoms with E-state index in [2.05, 4.69) is 5.32 Å². The number of anilines is 2. The summed E-state index contributed by atoms with van der Waals surface area (Å²) in [5, 5.41) is 13.6. The summed E-state index contributed by atoms with van der Waals surface area (Å²) in [5.41, 5.74) is 0.433. The maximum absolute atomic E-state index is 12.8. The molecule has 0 aliphatic carbocycles. The lowest BCUT2D eigenvalue weighted by Crippen LogP contribution is -2.26. The maximum Gasteiger partial charge on any atom is 0.282 e. The maximum atomic E-state index is 12.8. The van der Waals surface area contributed by atoms with E-state index < -0.39 is 20.9 Å². The van der Waals surface area contributed by atoms with Gasteiger partial charge in [0.2, 0.25) is 0 Å². The first kappa shape index (κ1) is 20.0. The SMILES string of the molecule is CN(c1ccccc1)S(=O)(=O)c1ccc(NC(=O)c2ccccc2[N+](=O)[O-])cc1. The number of benzene rings is 3. The summed E-state index contributed by atoms with van der Waals surface area (Å²) in [7, 11) is -2.32. The van der Waals surface area contributed by atoms with E-state index in [0.717, 1.165) is 4.31 Å². The molecule has 3 aromatic carbocycles. The highest BCUT2D eigenvalue weighted by molar-refractivity contribution is 7.92. The van der Waals surface area contributed by atoms with Gasteiger partial charge in [-0.2, -0.15) is 0 Å². The van der Waals surface area contributed by atoms with E-state index in [0.29, 0.717) is 11.4 Å². The van der Waals surface area contributed by atoms with E-state index in [-0.39, 0.29) is 16.1 Å². The van der Waals surface area contributed by atoms with Crippen LogP contribution in [0.4, 0.5) is 17.1 Å². The average Bonchev–Trinajstić information content (AvgIpc) is 2.74. The molecule has 3 aromatic rings. The molecular formula is C20H17N3O5S. The Bertz CT molecular complexity index is 1150. The van der Waals surface area contributed by atoms with Gasteiger partial charge in [-0.15, -0.1) is 0 Å². The van der Waals surface area contributed by atoms with Gasteiger partial charge in [0.05, 0.1) is 15.5 Å². The predicted molar refractivity (Wildman–Crippen MR) is 110 cm³/mol. The van der Waals surface area contributed by atoms with Crippen molar-refractivity contribution >= 4 is 33.0 Å². The molecule has 0 atom stereocenters. The van der Waals surface area contributed by atoms with E-state index in [1.165, 1.54) is 55.6 Å². The molecule has 0 aromatic heterocycles. The van der Waals surface area contributed by atoms with Crippen LogP contribution in [0.25, 0.3) is 0 Å². The van der Waals surface area contributed by atoms with Gasteiger partial charge in [0.1, 0.15) is 5.56 Å². The van der Waals surface area contributed by atoms with E-state index >= 15 is 0 Å². The molecule has 8 nitrogen and oxygen atoms in total. The van der Waals surface area contributed by atoms with Crippen molar-refractivity contribution in [2.45, 2.75) is 4.90 Å². The zero-order valence-corrected chi connectivity index (χ0v) is 16.2. The number of nitro benzene ring substituents is 1. The van der Waals surface area contributed by atoms with Crippen LogP contribution in [0.2, 0.25) is 0 Å². The Morgan fingerprint density at radius 1 is 0.931 bits per heavy atom. The molecule has 29 heavy (non-hydrogen) atoms. The summed E-state index contributed by atoms with van der Waals surface area (Å²) in [5.74, 6) is -0.658. The summed E-state index contributed by atoms with van der Waals surface area (Å²) in [6.07, 6.45) is 0. The number of para-hydroxylation sites is 2. The molecule has 0 saturated carbocycles. The summed E-state index contributed by atoms with van der Waals surface area (Å²) < 4.78 is 26.7. The number of sulfonamides is 1. The van der Waals surface area contributed by atoms with Crippen molar-refractivity contribution in [2.75, 3.05) is 16.7 Å². The summed E-state index contributed by atoms with van der Waals surface area (Å²) >= 11 is 0. The van der Waals surface area contributed by atoms with E-state index in [9.17, 15) is 23.3 Å². The highest BCUT2D eigenvalue weighted by Gasteiger charge is 2.22. The second kappa shape index (κ2) is 8.11. The molecule has 0 aliphatic heterocycles. The van der Waals surface area contributed by atoms with Crippen molar-refractivity contribution in [1.82, 2.24) is 0 Å². The van der Waals surface area contributed by atoms with E-state index in [4.69, 9.17) is 0 Å². The first-order chi connectivity index (χ1) is 13.8. The Morgan fingerprint density at radius 3 is 2.14 bits per heavy atom. The second-order valence-electron chi connectivity index (χ2n) is 6.06. The largest absolute Gasteiger partial charge is 0.322 e. The summed E-state index contributed by atoms with van der Waals surface area (Å²) in [6, 6.07) is 19.8. The van der Waals surface area contributed by atoms with Gasteiger partial charge in [0.25, 0.3) is 21.6 Å². The number of nitro groups is 1. The topological polar surface area (TPSA) is 110 Å². The fourth-order valence-electron chi connectivity index (χ4n) is 2.67. The van der Waals surface area contributed by atoms with Crippen LogP contribution >= 0.6 is 0 Å². The number of nitrogens with zero attached hydrogens (tertiary/aromatic N) is 2. The van der Waals surface area contributed by atoms with Gasteiger partial charge in [0.15, 0.2) is 0 Å². The Hall–Kier alpha value is -3.72. The van der Waals surface area contributed by atoms with Crippen molar-refractivity contribution in [1.29, 1.82) is 0 Å². The predicted octanol–water partition coefficient (Wildman–Crippen LogP) is 3.67. The van der Waals surface area contributed by atoms with Crippen LogP contribution in [0.3, 0.4) is 0 Å². The van der Waals surface area contributed by atoms with Crippen LogP contribution in [0.5, 0.6) is 0 Å². The van der Waals surface area contributed by atoms with Crippen LogP contribution < -0.4 is 9.62 Å². The first-order valence-corrected chi connectivity index (χ1v) is 9.93. The van der Waals surface area contributed by atoms with Gasteiger partial charge in [-0.25, -0.2) is 8.42 Å².